The number of furan rings is 1. The molecular weight excluding hydrogens is 380 g/mol. The van der Waals surface area contributed by atoms with Gasteiger partial charge in [0.1, 0.15) is 6.61 Å². The van der Waals surface area contributed by atoms with Gasteiger partial charge in [0.05, 0.1) is 22.7 Å². The average molecular weight is 398 g/mol. The summed E-state index contributed by atoms with van der Waals surface area (Å²) in [6.07, 6.45) is 1.19. The first kappa shape index (κ1) is 18.1. The molecule has 0 unspecified atom stereocenters. The fourth-order valence-corrected chi connectivity index (χ4v) is 3.73. The van der Waals surface area contributed by atoms with E-state index in [1.807, 2.05) is 24.3 Å². The van der Waals surface area contributed by atoms with Gasteiger partial charge in [-0.25, -0.2) is 0 Å². The zero-order valence-electron chi connectivity index (χ0n) is 15.1. The quantitative estimate of drug-likeness (QED) is 0.711. The number of ether oxygens (including phenoxy) is 2. The minimum atomic E-state index is -0.356. The normalized spacial score (nSPS) is 15.1. The number of carbonyl (C=O) groups is 2. The van der Waals surface area contributed by atoms with Gasteiger partial charge in [-0.05, 0) is 36.4 Å². The van der Waals surface area contributed by atoms with Gasteiger partial charge in [-0.1, -0.05) is 12.1 Å². The number of thiophene rings is 1. The van der Waals surface area contributed by atoms with Crippen molar-refractivity contribution in [1.82, 2.24) is 4.90 Å². The summed E-state index contributed by atoms with van der Waals surface area (Å²) >= 11 is 1.21. The molecular formula is C20H18N2O5S. The fraction of sp³-hybridized carbons (Fsp3) is 0.200. The highest BCUT2D eigenvalue weighted by atomic mass is 32.1. The standard InChI is InChI=1S/C20H18N2O5S/c1-22(11-13-12-26-14-5-2-3-6-15(14)27-13)20(24)17-8-9-18(28-17)21-19(23)16-7-4-10-25-16/h2-10,13H,11-12H2,1H3,(H,21,23)/t13-/m1/s1. The minimum Gasteiger partial charge on any atom is -0.486 e. The first-order chi connectivity index (χ1) is 13.6. The first-order valence-electron chi connectivity index (χ1n) is 8.69. The lowest BCUT2D eigenvalue weighted by atomic mass is 10.2. The molecule has 0 radical (unpaired) electrons. The molecule has 0 saturated carbocycles. The average Bonchev–Trinajstić information content (AvgIpc) is 3.39. The van der Waals surface area contributed by atoms with E-state index in [2.05, 4.69) is 5.32 Å². The van der Waals surface area contributed by atoms with E-state index in [4.69, 9.17) is 13.9 Å². The van der Waals surface area contributed by atoms with Crippen molar-refractivity contribution in [2.75, 3.05) is 25.5 Å². The van der Waals surface area contributed by atoms with Crippen LogP contribution in [0.4, 0.5) is 5.00 Å². The maximum absolute atomic E-state index is 12.7. The molecule has 0 spiro atoms. The van der Waals surface area contributed by atoms with Gasteiger partial charge in [0, 0.05) is 7.05 Å². The van der Waals surface area contributed by atoms with E-state index in [1.54, 1.807) is 36.2 Å². The smallest absolute Gasteiger partial charge is 0.291 e. The molecule has 3 aromatic rings. The zero-order valence-corrected chi connectivity index (χ0v) is 15.9. The zero-order chi connectivity index (χ0) is 19.5. The lowest BCUT2D eigenvalue weighted by Gasteiger charge is -2.29. The van der Waals surface area contributed by atoms with Crippen LogP contribution in [0.1, 0.15) is 20.2 Å². The number of nitrogens with one attached hydrogen (secondary N) is 1. The molecule has 1 N–H and O–H groups in total. The number of para-hydroxylation sites is 2. The van der Waals surface area contributed by atoms with Crippen LogP contribution < -0.4 is 14.8 Å². The van der Waals surface area contributed by atoms with Crippen molar-refractivity contribution in [1.29, 1.82) is 0 Å². The van der Waals surface area contributed by atoms with Crippen LogP contribution in [-0.4, -0.2) is 43.0 Å². The predicted molar refractivity (Wildman–Crippen MR) is 104 cm³/mol. The second kappa shape index (κ2) is 7.77. The van der Waals surface area contributed by atoms with Gasteiger partial charge >= 0.3 is 0 Å². The van der Waals surface area contributed by atoms with Crippen LogP contribution >= 0.6 is 11.3 Å². The van der Waals surface area contributed by atoms with E-state index < -0.39 is 0 Å². The monoisotopic (exact) mass is 398 g/mol. The van der Waals surface area contributed by atoms with E-state index in [0.29, 0.717) is 34.5 Å². The van der Waals surface area contributed by atoms with Gasteiger partial charge in [0.2, 0.25) is 0 Å². The topological polar surface area (TPSA) is 81.0 Å². The predicted octanol–water partition coefficient (Wildman–Crippen LogP) is 3.51. The third kappa shape index (κ3) is 3.86. The Kier molecular flexibility index (Phi) is 5.03. The fourth-order valence-electron chi connectivity index (χ4n) is 2.83. The highest BCUT2D eigenvalue weighted by Crippen LogP contribution is 2.31. The van der Waals surface area contributed by atoms with Crippen LogP contribution in [0.2, 0.25) is 0 Å². The molecule has 1 atom stereocenters. The second-order valence-electron chi connectivity index (χ2n) is 6.28. The summed E-state index contributed by atoms with van der Waals surface area (Å²) in [6, 6.07) is 14.1. The molecule has 1 aliphatic rings. The van der Waals surface area contributed by atoms with Crippen molar-refractivity contribution in [2.24, 2.45) is 0 Å². The Labute approximate surface area is 165 Å². The van der Waals surface area contributed by atoms with Gasteiger partial charge in [0.25, 0.3) is 11.8 Å². The molecule has 7 nitrogen and oxygen atoms in total. The van der Waals surface area contributed by atoms with Crippen LogP contribution in [0.5, 0.6) is 11.5 Å². The van der Waals surface area contributed by atoms with E-state index in [9.17, 15) is 9.59 Å². The number of hydrogen-bond acceptors (Lipinski definition) is 6. The molecule has 1 aromatic carbocycles. The molecule has 0 saturated heterocycles. The van der Waals surface area contributed by atoms with E-state index in [-0.39, 0.29) is 23.7 Å². The number of hydrogen-bond donors (Lipinski definition) is 1. The largest absolute Gasteiger partial charge is 0.486 e. The van der Waals surface area contributed by atoms with Crippen molar-refractivity contribution < 1.29 is 23.5 Å². The van der Waals surface area contributed by atoms with Crippen molar-refractivity contribution in [3.05, 3.63) is 65.4 Å². The molecule has 8 heteroatoms. The molecule has 0 aliphatic carbocycles. The van der Waals surface area contributed by atoms with Crippen molar-refractivity contribution >= 4 is 28.2 Å². The van der Waals surface area contributed by atoms with Crippen LogP contribution in [-0.2, 0) is 0 Å². The molecule has 0 fully saturated rings. The summed E-state index contributed by atoms with van der Waals surface area (Å²) in [5, 5.41) is 3.29. The summed E-state index contributed by atoms with van der Waals surface area (Å²) in [5.74, 6) is 1.10. The number of nitrogens with zero attached hydrogens (tertiary/aromatic N) is 1. The maximum atomic E-state index is 12.7. The van der Waals surface area contributed by atoms with Crippen LogP contribution in [0, 0.1) is 0 Å². The summed E-state index contributed by atoms with van der Waals surface area (Å²) in [4.78, 5) is 26.8. The second-order valence-corrected chi connectivity index (χ2v) is 7.36. The summed E-state index contributed by atoms with van der Waals surface area (Å²) in [5.41, 5.74) is 0. The van der Waals surface area contributed by atoms with Gasteiger partial charge in [-0.15, -0.1) is 11.3 Å². The Balaban J connectivity index is 1.35. The van der Waals surface area contributed by atoms with E-state index in [1.165, 1.54) is 17.6 Å². The van der Waals surface area contributed by atoms with Crippen molar-refractivity contribution in [3.8, 4) is 11.5 Å². The van der Waals surface area contributed by atoms with E-state index in [0.717, 1.165) is 0 Å². The number of carbonyl (C=O) groups excluding carboxylic acids is 2. The van der Waals surface area contributed by atoms with E-state index >= 15 is 0 Å². The molecule has 4 rings (SSSR count). The first-order valence-corrected chi connectivity index (χ1v) is 9.50. The highest BCUT2D eigenvalue weighted by Gasteiger charge is 2.25. The summed E-state index contributed by atoms with van der Waals surface area (Å²) < 4.78 is 16.7. The maximum Gasteiger partial charge on any atom is 0.291 e. The molecule has 144 valence electrons. The molecule has 1 aliphatic heterocycles. The summed E-state index contributed by atoms with van der Waals surface area (Å²) in [7, 11) is 1.72. The Hall–Kier alpha value is -3.26. The molecule has 2 aromatic heterocycles. The third-order valence-corrected chi connectivity index (χ3v) is 5.18. The van der Waals surface area contributed by atoms with Crippen molar-refractivity contribution in [3.63, 3.8) is 0 Å². The molecule has 0 bridgehead atoms. The lowest BCUT2D eigenvalue weighted by Crippen LogP contribution is -2.41. The van der Waals surface area contributed by atoms with Crippen molar-refractivity contribution in [2.45, 2.75) is 6.10 Å². The summed E-state index contributed by atoms with van der Waals surface area (Å²) in [6.45, 7) is 0.767. The molecule has 28 heavy (non-hydrogen) atoms. The van der Waals surface area contributed by atoms with Gasteiger partial charge in [-0.3, -0.25) is 9.59 Å². The number of likely N-dealkylation sites (N-methyl/N-ethyl adjacent to an activating group) is 1. The Morgan fingerprint density at radius 2 is 1.96 bits per heavy atom. The highest BCUT2D eigenvalue weighted by molar-refractivity contribution is 7.18. The lowest BCUT2D eigenvalue weighted by molar-refractivity contribution is 0.0524. The SMILES string of the molecule is CN(C[C@@H]1COc2ccccc2O1)C(=O)c1ccc(NC(=O)c2ccco2)s1. The number of rotatable bonds is 5. The van der Waals surface area contributed by atoms with Gasteiger partial charge in [-0.2, -0.15) is 0 Å². The number of benzene rings is 1. The number of anilines is 1. The van der Waals surface area contributed by atoms with Gasteiger partial charge < -0.3 is 24.1 Å². The Bertz CT molecular complexity index is 982. The third-order valence-electron chi connectivity index (χ3n) is 4.19. The van der Waals surface area contributed by atoms with Gasteiger partial charge in [0.15, 0.2) is 23.4 Å². The number of fused-ring (bicyclic) bond motifs is 1. The number of amides is 2. The van der Waals surface area contributed by atoms with Crippen LogP contribution in [0.15, 0.2) is 59.2 Å². The van der Waals surface area contributed by atoms with Crippen LogP contribution in [0.3, 0.4) is 0 Å². The Morgan fingerprint density at radius 1 is 1.14 bits per heavy atom. The molecule has 3 heterocycles. The Morgan fingerprint density at radius 3 is 2.75 bits per heavy atom. The minimum absolute atomic E-state index is 0.147. The van der Waals surface area contributed by atoms with Crippen LogP contribution in [0.25, 0.3) is 0 Å². The molecule has 2 amide bonds.